The highest BCUT2D eigenvalue weighted by Crippen LogP contribution is 2.29. The van der Waals surface area contributed by atoms with Gasteiger partial charge in [0.15, 0.2) is 9.84 Å². The van der Waals surface area contributed by atoms with Crippen LogP contribution in [0.15, 0.2) is 0 Å². The summed E-state index contributed by atoms with van der Waals surface area (Å²) < 4.78 is 27.0. The molecule has 21 heavy (non-hydrogen) atoms. The van der Waals surface area contributed by atoms with Gasteiger partial charge < -0.3 is 5.32 Å². The maximum atomic E-state index is 11.9. The first-order chi connectivity index (χ1) is 9.54. The zero-order chi connectivity index (χ0) is 16.3. The van der Waals surface area contributed by atoms with Crippen molar-refractivity contribution in [2.24, 2.45) is 0 Å². The third-order valence-electron chi connectivity index (χ3n) is 2.83. The Bertz CT molecular complexity index is 606. The van der Waals surface area contributed by atoms with Gasteiger partial charge in [0.05, 0.1) is 21.2 Å². The minimum absolute atomic E-state index is 0.0389. The molecule has 0 radical (unpaired) electrons. The summed E-state index contributed by atoms with van der Waals surface area (Å²) in [6.45, 7) is 7.01. The van der Waals surface area contributed by atoms with Crippen molar-refractivity contribution in [3.05, 3.63) is 10.7 Å². The summed E-state index contributed by atoms with van der Waals surface area (Å²) in [4.78, 5) is 11.6. The Morgan fingerprint density at radius 1 is 1.38 bits per heavy atom. The van der Waals surface area contributed by atoms with Gasteiger partial charge in [-0.15, -0.1) is 0 Å². The standard InChI is InChI=1S/C12H20ClN3O3S2/c1-8-9(13)10(20-16-8)15-11(17)14-6-5-7-21(18,19)12(2,3)4/h5-7H2,1-4H3,(H2,14,15,17). The van der Waals surface area contributed by atoms with Crippen LogP contribution in [-0.2, 0) is 9.84 Å². The lowest BCUT2D eigenvalue weighted by Crippen LogP contribution is -2.34. The van der Waals surface area contributed by atoms with Gasteiger partial charge in [-0.3, -0.25) is 5.32 Å². The fraction of sp³-hybridized carbons (Fsp3) is 0.667. The second kappa shape index (κ2) is 6.93. The highest BCUT2D eigenvalue weighted by Gasteiger charge is 2.28. The van der Waals surface area contributed by atoms with Gasteiger partial charge in [0, 0.05) is 6.54 Å². The van der Waals surface area contributed by atoms with Gasteiger partial charge >= 0.3 is 6.03 Å². The number of nitrogens with one attached hydrogen (secondary N) is 2. The first-order valence-corrected chi connectivity index (χ1v) is 9.24. The van der Waals surface area contributed by atoms with E-state index in [1.54, 1.807) is 27.7 Å². The number of aryl methyl sites for hydroxylation is 1. The van der Waals surface area contributed by atoms with Gasteiger partial charge in [-0.05, 0) is 45.6 Å². The summed E-state index contributed by atoms with van der Waals surface area (Å²) in [5.41, 5.74) is 0.660. The molecule has 0 aliphatic heterocycles. The molecule has 1 aromatic rings. The molecule has 1 aromatic heterocycles. The molecule has 0 atom stereocenters. The van der Waals surface area contributed by atoms with Gasteiger partial charge in [-0.2, -0.15) is 4.37 Å². The lowest BCUT2D eigenvalue weighted by Gasteiger charge is -2.18. The molecular formula is C12H20ClN3O3S2. The quantitative estimate of drug-likeness (QED) is 0.796. The molecule has 1 heterocycles. The third kappa shape index (κ3) is 5.12. The molecule has 2 amide bonds. The number of urea groups is 1. The summed E-state index contributed by atoms with van der Waals surface area (Å²) in [6, 6.07) is -0.422. The number of carbonyl (C=O) groups is 1. The number of rotatable bonds is 5. The van der Waals surface area contributed by atoms with E-state index in [2.05, 4.69) is 15.0 Å². The van der Waals surface area contributed by atoms with Crippen molar-refractivity contribution in [1.29, 1.82) is 0 Å². The summed E-state index contributed by atoms with van der Waals surface area (Å²) in [7, 11) is -3.16. The summed E-state index contributed by atoms with van der Waals surface area (Å²) in [5, 5.41) is 6.08. The molecule has 0 aliphatic rings. The molecule has 0 saturated heterocycles. The van der Waals surface area contributed by atoms with Crippen LogP contribution in [-0.4, -0.2) is 35.9 Å². The van der Waals surface area contributed by atoms with Crippen molar-refractivity contribution >= 4 is 44.0 Å². The molecule has 0 saturated carbocycles. The van der Waals surface area contributed by atoms with E-state index in [0.717, 1.165) is 11.5 Å². The van der Waals surface area contributed by atoms with E-state index in [1.165, 1.54) is 0 Å². The highest BCUT2D eigenvalue weighted by molar-refractivity contribution is 7.92. The number of halogens is 1. The average molecular weight is 354 g/mol. The number of anilines is 1. The Hall–Kier alpha value is -0.860. The van der Waals surface area contributed by atoms with Crippen molar-refractivity contribution in [3.63, 3.8) is 0 Å². The van der Waals surface area contributed by atoms with Gasteiger partial charge in [0.1, 0.15) is 5.00 Å². The number of nitrogens with zero attached hydrogens (tertiary/aromatic N) is 1. The second-order valence-corrected chi connectivity index (χ2v) is 9.59. The highest BCUT2D eigenvalue weighted by atomic mass is 35.5. The number of hydrogen-bond acceptors (Lipinski definition) is 5. The number of amides is 2. The van der Waals surface area contributed by atoms with Crippen LogP contribution in [0.2, 0.25) is 5.02 Å². The van der Waals surface area contributed by atoms with Crippen LogP contribution in [0.5, 0.6) is 0 Å². The van der Waals surface area contributed by atoms with E-state index in [-0.39, 0.29) is 12.3 Å². The fourth-order valence-electron chi connectivity index (χ4n) is 1.35. The zero-order valence-corrected chi connectivity index (χ0v) is 14.9. The SMILES string of the molecule is Cc1nsc(NC(=O)NCCCS(=O)(=O)C(C)(C)C)c1Cl. The van der Waals surface area contributed by atoms with Crippen molar-refractivity contribution in [1.82, 2.24) is 9.69 Å². The lowest BCUT2D eigenvalue weighted by molar-refractivity contribution is 0.252. The first kappa shape index (κ1) is 18.2. The predicted octanol–water partition coefficient (Wildman–Crippen LogP) is 2.83. The molecule has 0 bridgehead atoms. The first-order valence-electron chi connectivity index (χ1n) is 6.43. The normalized spacial score (nSPS) is 12.2. The molecule has 0 spiro atoms. The summed E-state index contributed by atoms with van der Waals surface area (Å²) >= 11 is 7.05. The minimum atomic E-state index is -3.16. The molecule has 0 aromatic carbocycles. The van der Waals surface area contributed by atoms with E-state index >= 15 is 0 Å². The Kier molecular flexibility index (Phi) is 6.01. The predicted molar refractivity (Wildman–Crippen MR) is 87.0 cm³/mol. The van der Waals surface area contributed by atoms with Crippen molar-refractivity contribution in [2.45, 2.75) is 38.9 Å². The summed E-state index contributed by atoms with van der Waals surface area (Å²) in [5.74, 6) is 0.0389. The van der Waals surface area contributed by atoms with Crippen LogP contribution in [0.1, 0.15) is 32.9 Å². The molecule has 120 valence electrons. The average Bonchev–Trinajstić information content (AvgIpc) is 2.65. The minimum Gasteiger partial charge on any atom is -0.338 e. The van der Waals surface area contributed by atoms with Crippen LogP contribution in [0.25, 0.3) is 0 Å². The van der Waals surface area contributed by atoms with Crippen LogP contribution in [0.3, 0.4) is 0 Å². The van der Waals surface area contributed by atoms with E-state index in [1.807, 2.05) is 0 Å². The monoisotopic (exact) mass is 353 g/mol. The molecule has 1 rings (SSSR count). The van der Waals surface area contributed by atoms with E-state index in [9.17, 15) is 13.2 Å². The van der Waals surface area contributed by atoms with Crippen LogP contribution in [0, 0.1) is 6.92 Å². The molecule has 9 heteroatoms. The number of aromatic nitrogens is 1. The molecule has 2 N–H and O–H groups in total. The van der Waals surface area contributed by atoms with Crippen molar-refractivity contribution < 1.29 is 13.2 Å². The number of hydrogen-bond donors (Lipinski definition) is 2. The van der Waals surface area contributed by atoms with Crippen LogP contribution < -0.4 is 10.6 Å². The zero-order valence-electron chi connectivity index (χ0n) is 12.5. The Labute approximate surface area is 134 Å². The molecule has 0 fully saturated rings. The third-order valence-corrected chi connectivity index (χ3v) is 6.95. The molecule has 0 unspecified atom stereocenters. The van der Waals surface area contributed by atoms with E-state index in [0.29, 0.717) is 22.1 Å². The fourth-order valence-corrected chi connectivity index (χ4v) is 3.42. The maximum absolute atomic E-state index is 11.9. The topological polar surface area (TPSA) is 88.2 Å². The van der Waals surface area contributed by atoms with Gasteiger partial charge in [-0.25, -0.2) is 13.2 Å². The molecule has 6 nitrogen and oxygen atoms in total. The Morgan fingerprint density at radius 3 is 2.48 bits per heavy atom. The van der Waals surface area contributed by atoms with Crippen molar-refractivity contribution in [3.8, 4) is 0 Å². The smallest absolute Gasteiger partial charge is 0.319 e. The molecular weight excluding hydrogens is 334 g/mol. The lowest BCUT2D eigenvalue weighted by atomic mass is 10.3. The Morgan fingerprint density at radius 2 is 2.00 bits per heavy atom. The maximum Gasteiger partial charge on any atom is 0.319 e. The van der Waals surface area contributed by atoms with Gasteiger partial charge in [0.25, 0.3) is 0 Å². The largest absolute Gasteiger partial charge is 0.338 e. The van der Waals surface area contributed by atoms with Crippen LogP contribution in [0.4, 0.5) is 9.80 Å². The van der Waals surface area contributed by atoms with E-state index in [4.69, 9.17) is 11.6 Å². The number of carbonyl (C=O) groups excluding carboxylic acids is 1. The van der Waals surface area contributed by atoms with Gasteiger partial charge in [-0.1, -0.05) is 11.6 Å². The number of sulfone groups is 1. The summed E-state index contributed by atoms with van der Waals surface area (Å²) in [6.07, 6.45) is 0.364. The van der Waals surface area contributed by atoms with Gasteiger partial charge in [0.2, 0.25) is 0 Å². The second-order valence-electron chi connectivity index (χ2n) is 5.58. The van der Waals surface area contributed by atoms with E-state index < -0.39 is 20.6 Å². The molecule has 0 aliphatic carbocycles. The van der Waals surface area contributed by atoms with Crippen LogP contribution >= 0.6 is 23.1 Å². The Balaban J connectivity index is 2.37. The van der Waals surface area contributed by atoms with Crippen molar-refractivity contribution in [2.75, 3.05) is 17.6 Å².